The molecule has 4 atom stereocenters. The van der Waals surface area contributed by atoms with Crippen molar-refractivity contribution in [1.29, 1.82) is 0 Å². The highest BCUT2D eigenvalue weighted by Gasteiger charge is 2.54. The van der Waals surface area contributed by atoms with Crippen LogP contribution in [0.5, 0.6) is 17.2 Å². The summed E-state index contributed by atoms with van der Waals surface area (Å²) >= 11 is 0. The molecule has 230 valence electrons. The fourth-order valence-corrected chi connectivity index (χ4v) is 6.24. The Labute approximate surface area is 256 Å². The average Bonchev–Trinajstić information content (AvgIpc) is 3.73. The Morgan fingerprint density at radius 2 is 1.61 bits per heavy atom. The van der Waals surface area contributed by atoms with Gasteiger partial charge in [0.1, 0.15) is 18.0 Å². The van der Waals surface area contributed by atoms with E-state index in [4.69, 9.17) is 23.7 Å². The van der Waals surface area contributed by atoms with Crippen LogP contribution < -0.4 is 14.2 Å². The maximum absolute atomic E-state index is 14.8. The van der Waals surface area contributed by atoms with Crippen LogP contribution in [0.2, 0.25) is 0 Å². The number of rotatable bonds is 6. The number of fused-ring (bicyclic) bond motifs is 1. The van der Waals surface area contributed by atoms with E-state index in [1.807, 2.05) is 54.6 Å². The molecule has 0 aromatic heterocycles. The summed E-state index contributed by atoms with van der Waals surface area (Å²) in [5, 5.41) is 0. The number of cyclic esters (lactones) is 1. The lowest BCUT2D eigenvalue weighted by Gasteiger charge is -2.32. The van der Waals surface area contributed by atoms with Gasteiger partial charge in [0.05, 0.1) is 25.1 Å². The van der Waals surface area contributed by atoms with E-state index in [9.17, 15) is 14.4 Å². The molecule has 3 aliphatic rings. The van der Waals surface area contributed by atoms with Crippen LogP contribution in [-0.2, 0) is 20.7 Å². The summed E-state index contributed by atoms with van der Waals surface area (Å²) in [5.74, 6) is 0.0479. The molecule has 3 amide bonds. The minimum Gasteiger partial charge on any atom is -0.497 e. The second kappa shape index (κ2) is 11.7. The predicted molar refractivity (Wildman–Crippen MR) is 160 cm³/mol. The van der Waals surface area contributed by atoms with Crippen molar-refractivity contribution in [3.05, 3.63) is 89.5 Å². The second-order valence-corrected chi connectivity index (χ2v) is 12.2. The molecule has 2 fully saturated rings. The minimum absolute atomic E-state index is 0.0872. The number of nitrogens with zero attached hydrogens (tertiary/aromatic N) is 2. The van der Waals surface area contributed by atoms with E-state index in [-0.39, 0.29) is 19.9 Å². The zero-order chi connectivity index (χ0) is 31.0. The molecule has 3 aliphatic heterocycles. The fourth-order valence-electron chi connectivity index (χ4n) is 6.24. The Kier molecular flexibility index (Phi) is 7.84. The largest absolute Gasteiger partial charge is 0.497 e. The standard InChI is InChI=1S/C34H36N2O8/c1-34(2,3)44-32(38)35-18-26(23-12-15-27-28(17-23)43-20-42-27)29(30(35)22-10-13-25(40-4)14-11-22)31(37)36-24(19-41-33(36)39)16-21-8-6-5-7-9-21/h5-15,17,24,26,29-30H,16,18-20H2,1-4H3/t24-,26+,29+,30-/m1/s1. The van der Waals surface area contributed by atoms with Gasteiger partial charge < -0.3 is 23.7 Å². The van der Waals surface area contributed by atoms with Crippen molar-refractivity contribution in [2.75, 3.05) is 27.1 Å². The monoisotopic (exact) mass is 600 g/mol. The van der Waals surface area contributed by atoms with E-state index < -0.39 is 47.6 Å². The summed E-state index contributed by atoms with van der Waals surface area (Å²) in [7, 11) is 1.57. The zero-order valence-corrected chi connectivity index (χ0v) is 25.2. The maximum Gasteiger partial charge on any atom is 0.416 e. The van der Waals surface area contributed by atoms with Gasteiger partial charge in [-0.2, -0.15) is 0 Å². The summed E-state index contributed by atoms with van der Waals surface area (Å²) in [6.07, 6.45) is -0.795. The van der Waals surface area contributed by atoms with Crippen LogP contribution in [0.4, 0.5) is 9.59 Å². The first-order valence-corrected chi connectivity index (χ1v) is 14.7. The number of likely N-dealkylation sites (tertiary alicyclic amines) is 1. The fraction of sp³-hybridized carbons (Fsp3) is 0.382. The molecular formula is C34H36N2O8. The maximum atomic E-state index is 14.8. The van der Waals surface area contributed by atoms with Gasteiger partial charge in [-0.25, -0.2) is 14.5 Å². The molecule has 6 rings (SSSR count). The number of imide groups is 1. The van der Waals surface area contributed by atoms with Crippen LogP contribution in [0.25, 0.3) is 0 Å². The summed E-state index contributed by atoms with van der Waals surface area (Å²) in [6, 6.07) is 21.2. The number of hydrogen-bond acceptors (Lipinski definition) is 8. The Morgan fingerprint density at radius 3 is 2.32 bits per heavy atom. The smallest absolute Gasteiger partial charge is 0.416 e. The van der Waals surface area contributed by atoms with Gasteiger partial charge in [-0.15, -0.1) is 0 Å². The number of benzene rings is 3. The molecule has 0 spiro atoms. The molecule has 0 aliphatic carbocycles. The van der Waals surface area contributed by atoms with E-state index >= 15 is 0 Å². The van der Waals surface area contributed by atoms with Crippen LogP contribution in [0.3, 0.4) is 0 Å². The van der Waals surface area contributed by atoms with Crippen molar-refractivity contribution in [2.45, 2.75) is 50.8 Å². The molecule has 10 nitrogen and oxygen atoms in total. The lowest BCUT2D eigenvalue weighted by molar-refractivity contribution is -0.134. The van der Waals surface area contributed by atoms with Crippen molar-refractivity contribution in [1.82, 2.24) is 9.80 Å². The molecule has 3 aromatic carbocycles. The number of amides is 3. The number of ether oxygens (including phenoxy) is 5. The molecule has 0 bridgehead atoms. The number of hydrogen-bond donors (Lipinski definition) is 0. The van der Waals surface area contributed by atoms with Gasteiger partial charge in [0.25, 0.3) is 0 Å². The Morgan fingerprint density at radius 1 is 0.909 bits per heavy atom. The number of carbonyl (C=O) groups is 3. The van der Waals surface area contributed by atoms with Gasteiger partial charge >= 0.3 is 12.2 Å². The summed E-state index contributed by atoms with van der Waals surface area (Å²) in [5.41, 5.74) is 1.71. The highest BCUT2D eigenvalue weighted by molar-refractivity contribution is 5.96. The molecule has 3 heterocycles. The zero-order valence-electron chi connectivity index (χ0n) is 25.2. The molecule has 0 unspecified atom stereocenters. The third-order valence-electron chi connectivity index (χ3n) is 8.21. The van der Waals surface area contributed by atoms with Gasteiger partial charge in [-0.1, -0.05) is 48.5 Å². The van der Waals surface area contributed by atoms with Crippen LogP contribution in [0.1, 0.15) is 49.4 Å². The van der Waals surface area contributed by atoms with E-state index in [0.717, 1.165) is 11.1 Å². The summed E-state index contributed by atoms with van der Waals surface area (Å²) in [6.45, 7) is 5.77. The molecule has 10 heteroatoms. The molecule has 3 aromatic rings. The van der Waals surface area contributed by atoms with Crippen LogP contribution in [0, 0.1) is 5.92 Å². The van der Waals surface area contributed by atoms with E-state index in [1.54, 1.807) is 51.0 Å². The van der Waals surface area contributed by atoms with Crippen molar-refractivity contribution >= 4 is 18.1 Å². The lowest BCUT2D eigenvalue weighted by atomic mass is 9.81. The normalized spacial score (nSPS) is 22.6. The predicted octanol–water partition coefficient (Wildman–Crippen LogP) is 5.71. The molecular weight excluding hydrogens is 564 g/mol. The SMILES string of the molecule is COc1ccc([C@@H]2[C@@H](C(=O)N3C(=O)OC[C@H]3Cc3ccccc3)[C@H](c3ccc4c(c3)OCO4)CN2C(=O)OC(C)(C)C)cc1. The topological polar surface area (TPSA) is 104 Å². The van der Waals surface area contributed by atoms with Crippen LogP contribution >= 0.6 is 0 Å². The Balaban J connectivity index is 1.45. The first kappa shape index (κ1) is 29.3. The third-order valence-corrected chi connectivity index (χ3v) is 8.21. The second-order valence-electron chi connectivity index (χ2n) is 12.2. The van der Waals surface area contributed by atoms with Crippen molar-refractivity contribution in [3.8, 4) is 17.2 Å². The van der Waals surface area contributed by atoms with Crippen molar-refractivity contribution in [2.24, 2.45) is 5.92 Å². The van der Waals surface area contributed by atoms with Gasteiger partial charge in [0.2, 0.25) is 12.7 Å². The van der Waals surface area contributed by atoms with E-state index in [1.165, 1.54) is 4.90 Å². The highest BCUT2D eigenvalue weighted by Crippen LogP contribution is 2.49. The van der Waals surface area contributed by atoms with E-state index in [2.05, 4.69) is 0 Å². The average molecular weight is 601 g/mol. The summed E-state index contributed by atoms with van der Waals surface area (Å²) in [4.78, 5) is 44.7. The van der Waals surface area contributed by atoms with Crippen molar-refractivity contribution < 1.29 is 38.1 Å². The van der Waals surface area contributed by atoms with Crippen LogP contribution in [0.15, 0.2) is 72.8 Å². The quantitative estimate of drug-likeness (QED) is 0.355. The van der Waals surface area contributed by atoms with E-state index in [0.29, 0.717) is 29.2 Å². The van der Waals surface area contributed by atoms with Crippen molar-refractivity contribution in [3.63, 3.8) is 0 Å². The minimum atomic E-state index is -0.847. The molecule has 0 radical (unpaired) electrons. The molecule has 2 saturated heterocycles. The van der Waals surface area contributed by atoms with Gasteiger partial charge in [0.15, 0.2) is 11.5 Å². The van der Waals surface area contributed by atoms with Gasteiger partial charge in [0, 0.05) is 12.5 Å². The Hall–Kier alpha value is -4.73. The summed E-state index contributed by atoms with van der Waals surface area (Å²) < 4.78 is 27.9. The lowest BCUT2D eigenvalue weighted by Crippen LogP contribution is -2.46. The van der Waals surface area contributed by atoms with Crippen LogP contribution in [-0.4, -0.2) is 66.6 Å². The number of carbonyl (C=O) groups excluding carboxylic acids is 3. The van der Waals surface area contributed by atoms with Gasteiger partial charge in [-0.05, 0) is 68.1 Å². The number of methoxy groups -OCH3 is 1. The third kappa shape index (κ3) is 5.76. The first-order chi connectivity index (χ1) is 21.1. The molecule has 0 saturated carbocycles. The molecule has 44 heavy (non-hydrogen) atoms. The van der Waals surface area contributed by atoms with Gasteiger partial charge in [-0.3, -0.25) is 9.69 Å². The molecule has 0 N–H and O–H groups in total. The first-order valence-electron chi connectivity index (χ1n) is 14.7. The highest BCUT2D eigenvalue weighted by atomic mass is 16.7. The Bertz CT molecular complexity index is 1540.